The maximum Gasteiger partial charge on any atom is 0.259 e. The molecule has 0 radical (unpaired) electrons. The van der Waals surface area contributed by atoms with Crippen LogP contribution in [0.15, 0.2) is 9.90 Å². The van der Waals surface area contributed by atoms with Gasteiger partial charge in [0.25, 0.3) is 5.91 Å². The minimum absolute atomic E-state index is 0.0311. The lowest BCUT2D eigenvalue weighted by molar-refractivity contribution is -0.188. The van der Waals surface area contributed by atoms with E-state index in [9.17, 15) is 4.79 Å². The highest BCUT2D eigenvalue weighted by molar-refractivity contribution is 7.09. The highest BCUT2D eigenvalue weighted by Gasteiger charge is 2.50. The average molecular weight is 377 g/mol. The van der Waals surface area contributed by atoms with Crippen molar-refractivity contribution in [3.63, 3.8) is 0 Å². The smallest absolute Gasteiger partial charge is 0.259 e. The third kappa shape index (κ3) is 3.28. The zero-order valence-electron chi connectivity index (χ0n) is 15.3. The maximum absolute atomic E-state index is 12.7. The van der Waals surface area contributed by atoms with E-state index < -0.39 is 0 Å². The predicted molar refractivity (Wildman–Crippen MR) is 95.2 cm³/mol. The molecule has 2 saturated heterocycles. The molecule has 0 aliphatic carbocycles. The van der Waals surface area contributed by atoms with Gasteiger partial charge in [-0.2, -0.15) is 0 Å². The van der Waals surface area contributed by atoms with Crippen molar-refractivity contribution in [3.8, 4) is 0 Å². The molecule has 1 spiro atoms. The largest absolute Gasteiger partial charge is 0.372 e. The lowest BCUT2D eigenvalue weighted by atomic mass is 9.84. The molecule has 26 heavy (non-hydrogen) atoms. The summed E-state index contributed by atoms with van der Waals surface area (Å²) >= 11 is 1.64. The Bertz CT molecular complexity index is 790. The van der Waals surface area contributed by atoms with Crippen LogP contribution in [0.4, 0.5) is 0 Å². The zero-order valence-corrected chi connectivity index (χ0v) is 16.1. The fourth-order valence-electron chi connectivity index (χ4n) is 3.76. The van der Waals surface area contributed by atoms with Gasteiger partial charge in [-0.25, -0.2) is 4.98 Å². The molecule has 4 rings (SSSR count). The first-order chi connectivity index (χ1) is 12.5. The van der Waals surface area contributed by atoms with E-state index in [4.69, 9.17) is 14.0 Å². The fourth-order valence-corrected chi connectivity index (χ4v) is 4.36. The predicted octanol–water partition coefficient (Wildman–Crippen LogP) is 2.65. The van der Waals surface area contributed by atoms with Crippen LogP contribution in [-0.2, 0) is 16.1 Å². The molecule has 2 aliphatic heterocycles. The standard InChI is InChI=1S/C18H23N3O4S/c1-11-16(12(2)25-20-11)17(22)21-9-18(10-21)6-15(4-5-24-18)23-7-14-8-26-13(3)19-14/h8,15H,4-7,9-10H2,1-3H3/t15-/m0/s1. The monoisotopic (exact) mass is 377 g/mol. The number of likely N-dealkylation sites (tertiary alicyclic amines) is 1. The molecule has 2 aromatic heterocycles. The zero-order chi connectivity index (χ0) is 18.3. The van der Waals surface area contributed by atoms with Gasteiger partial charge >= 0.3 is 0 Å². The number of ether oxygens (including phenoxy) is 2. The number of carbonyl (C=O) groups excluding carboxylic acids is 1. The molecule has 2 fully saturated rings. The fraction of sp³-hybridized carbons (Fsp3) is 0.611. The number of nitrogens with zero attached hydrogens (tertiary/aromatic N) is 3. The van der Waals surface area contributed by atoms with Crippen LogP contribution in [0.1, 0.15) is 45.4 Å². The molecule has 1 atom stereocenters. The highest BCUT2D eigenvalue weighted by atomic mass is 32.1. The van der Waals surface area contributed by atoms with Gasteiger partial charge in [-0.3, -0.25) is 4.79 Å². The van der Waals surface area contributed by atoms with Crippen LogP contribution in [0.3, 0.4) is 0 Å². The Balaban J connectivity index is 1.33. The van der Waals surface area contributed by atoms with E-state index in [1.165, 1.54) is 0 Å². The Morgan fingerprint density at radius 3 is 2.88 bits per heavy atom. The maximum atomic E-state index is 12.7. The van der Waals surface area contributed by atoms with Crippen molar-refractivity contribution >= 4 is 17.2 Å². The molecule has 0 aromatic carbocycles. The molecular weight excluding hydrogens is 354 g/mol. The first-order valence-electron chi connectivity index (χ1n) is 8.84. The number of hydrogen-bond donors (Lipinski definition) is 0. The molecule has 0 bridgehead atoms. The first kappa shape index (κ1) is 17.6. The van der Waals surface area contributed by atoms with Crippen molar-refractivity contribution in [2.45, 2.75) is 51.9 Å². The van der Waals surface area contributed by atoms with Gasteiger partial charge in [0.2, 0.25) is 0 Å². The summed E-state index contributed by atoms with van der Waals surface area (Å²) in [4.78, 5) is 18.9. The normalized spacial score (nSPS) is 21.8. The van der Waals surface area contributed by atoms with Gasteiger partial charge < -0.3 is 18.9 Å². The number of aryl methyl sites for hydroxylation is 3. The summed E-state index contributed by atoms with van der Waals surface area (Å²) in [7, 11) is 0. The van der Waals surface area contributed by atoms with Gasteiger partial charge in [-0.1, -0.05) is 5.16 Å². The van der Waals surface area contributed by atoms with Gasteiger partial charge in [0.1, 0.15) is 16.9 Å². The Labute approximate surface area is 156 Å². The molecule has 2 aromatic rings. The lowest BCUT2D eigenvalue weighted by Crippen LogP contribution is -2.67. The molecule has 140 valence electrons. The minimum atomic E-state index is -0.282. The Morgan fingerprint density at radius 1 is 1.42 bits per heavy atom. The summed E-state index contributed by atoms with van der Waals surface area (Å²) in [6.45, 7) is 7.93. The van der Waals surface area contributed by atoms with Crippen molar-refractivity contribution in [2.75, 3.05) is 19.7 Å². The molecule has 0 unspecified atom stereocenters. The van der Waals surface area contributed by atoms with E-state index in [2.05, 4.69) is 10.1 Å². The second-order valence-electron chi connectivity index (χ2n) is 7.18. The molecule has 0 N–H and O–H groups in total. The summed E-state index contributed by atoms with van der Waals surface area (Å²) in [6, 6.07) is 0. The summed E-state index contributed by atoms with van der Waals surface area (Å²) in [5, 5.41) is 6.96. The molecule has 8 heteroatoms. The van der Waals surface area contributed by atoms with Gasteiger partial charge in [-0.15, -0.1) is 11.3 Å². The number of aromatic nitrogens is 2. The molecule has 2 aliphatic rings. The number of amides is 1. The van der Waals surface area contributed by atoms with E-state index in [0.717, 1.165) is 23.5 Å². The molecular formula is C18H23N3O4S. The van der Waals surface area contributed by atoms with Crippen molar-refractivity contribution in [1.82, 2.24) is 15.0 Å². The van der Waals surface area contributed by atoms with Crippen LogP contribution >= 0.6 is 11.3 Å². The van der Waals surface area contributed by atoms with Crippen LogP contribution in [0.5, 0.6) is 0 Å². The van der Waals surface area contributed by atoms with Gasteiger partial charge in [0.15, 0.2) is 0 Å². The van der Waals surface area contributed by atoms with Crippen molar-refractivity contribution < 1.29 is 18.8 Å². The summed E-state index contributed by atoms with van der Waals surface area (Å²) in [6.07, 6.45) is 1.83. The Hall–Kier alpha value is -1.77. The third-order valence-corrected chi connectivity index (χ3v) is 5.90. The van der Waals surface area contributed by atoms with Crippen molar-refractivity contribution in [2.24, 2.45) is 0 Å². The van der Waals surface area contributed by atoms with E-state index in [1.807, 2.05) is 12.3 Å². The van der Waals surface area contributed by atoms with E-state index in [-0.39, 0.29) is 17.6 Å². The van der Waals surface area contributed by atoms with Crippen molar-refractivity contribution in [1.29, 1.82) is 0 Å². The SMILES string of the molecule is Cc1nc(CO[C@H]2CCOC3(C2)CN(C(=O)c2c(C)noc2C)C3)cs1. The molecule has 0 saturated carbocycles. The molecule has 4 heterocycles. The van der Waals surface area contributed by atoms with Crippen molar-refractivity contribution in [3.05, 3.63) is 33.1 Å². The van der Waals surface area contributed by atoms with E-state index in [0.29, 0.717) is 43.3 Å². The molecule has 7 nitrogen and oxygen atoms in total. The summed E-state index contributed by atoms with van der Waals surface area (Å²) in [5.41, 5.74) is 1.91. The average Bonchev–Trinajstić information content (AvgIpc) is 3.15. The van der Waals surface area contributed by atoms with Gasteiger partial charge in [-0.05, 0) is 27.2 Å². The highest BCUT2D eigenvalue weighted by Crippen LogP contribution is 2.36. The second-order valence-corrected chi connectivity index (χ2v) is 8.24. The number of rotatable bonds is 4. The van der Waals surface area contributed by atoms with E-state index in [1.54, 1.807) is 30.1 Å². The van der Waals surface area contributed by atoms with E-state index >= 15 is 0 Å². The van der Waals surface area contributed by atoms with Crippen LogP contribution in [-0.4, -0.2) is 52.3 Å². The van der Waals surface area contributed by atoms with Crippen LogP contribution < -0.4 is 0 Å². The number of carbonyl (C=O) groups is 1. The Kier molecular flexibility index (Phi) is 4.58. The van der Waals surface area contributed by atoms with Gasteiger partial charge in [0.05, 0.1) is 42.2 Å². The Morgan fingerprint density at radius 2 is 2.23 bits per heavy atom. The van der Waals surface area contributed by atoms with Crippen LogP contribution in [0, 0.1) is 20.8 Å². The molecule has 1 amide bonds. The third-order valence-electron chi connectivity index (χ3n) is 5.07. The topological polar surface area (TPSA) is 77.7 Å². The number of hydrogen-bond acceptors (Lipinski definition) is 7. The number of thiazole rings is 1. The summed E-state index contributed by atoms with van der Waals surface area (Å²) < 4.78 is 17.2. The summed E-state index contributed by atoms with van der Waals surface area (Å²) in [5.74, 6) is 0.536. The lowest BCUT2D eigenvalue weighted by Gasteiger charge is -2.52. The first-order valence-corrected chi connectivity index (χ1v) is 9.72. The van der Waals surface area contributed by atoms with Gasteiger partial charge in [0, 0.05) is 18.4 Å². The van der Waals surface area contributed by atoms with Crippen LogP contribution in [0.2, 0.25) is 0 Å². The second kappa shape index (κ2) is 6.75. The van der Waals surface area contributed by atoms with Crippen LogP contribution in [0.25, 0.3) is 0 Å². The quantitative estimate of drug-likeness (QED) is 0.815. The minimum Gasteiger partial charge on any atom is -0.372 e.